The number of ether oxygens (including phenoxy) is 1. The molecule has 2 amide bonds. The maximum Gasteiger partial charge on any atom is 0.251 e. The van der Waals surface area contributed by atoms with Gasteiger partial charge in [0, 0.05) is 17.3 Å². The predicted molar refractivity (Wildman–Crippen MR) is 106 cm³/mol. The zero-order chi connectivity index (χ0) is 20.7. The number of carbonyl (C=O) groups excluding carboxylic acids is 2. The number of hydrogen-bond acceptors (Lipinski definition) is 5. The second-order valence-corrected chi connectivity index (χ2v) is 7.98. The first-order valence-corrected chi connectivity index (χ1v) is 10.0. The van der Waals surface area contributed by atoms with Crippen molar-refractivity contribution in [3.8, 4) is 5.75 Å². The molecule has 150 valence electrons. The van der Waals surface area contributed by atoms with E-state index in [1.165, 1.54) is 31.4 Å². The van der Waals surface area contributed by atoms with Gasteiger partial charge in [-0.15, -0.1) is 0 Å². The van der Waals surface area contributed by atoms with Crippen LogP contribution in [0.5, 0.6) is 5.75 Å². The van der Waals surface area contributed by atoms with Crippen LogP contribution in [0.4, 0.5) is 5.69 Å². The minimum absolute atomic E-state index is 0.102. The number of rotatable bonds is 8. The molecule has 0 fully saturated rings. The lowest BCUT2D eigenvalue weighted by atomic mass is 10.2. The summed E-state index contributed by atoms with van der Waals surface area (Å²) in [4.78, 5) is 24.2. The Bertz CT molecular complexity index is 940. The van der Waals surface area contributed by atoms with Gasteiger partial charge in [-0.2, -0.15) is 0 Å². The van der Waals surface area contributed by atoms with E-state index in [4.69, 9.17) is 4.74 Å². The molecule has 0 radical (unpaired) electrons. The molecule has 0 atom stereocenters. The van der Waals surface area contributed by atoms with Gasteiger partial charge in [-0.05, 0) is 56.3 Å². The highest BCUT2D eigenvalue weighted by atomic mass is 32.2. The Morgan fingerprint density at radius 2 is 1.75 bits per heavy atom. The van der Waals surface area contributed by atoms with Crippen molar-refractivity contribution in [1.82, 2.24) is 10.0 Å². The molecule has 0 bridgehead atoms. The standard InChI is InChI=1S/C19H23N3O5S/c1-13(2)22-28(25,26)17-9-7-15(8-10-17)21-18(23)12-20-19(24)14-5-4-6-16(11-14)27-3/h4-11,13,22H,12H2,1-3H3,(H,20,24)(H,21,23). The van der Waals surface area contributed by atoms with Crippen LogP contribution in [0.2, 0.25) is 0 Å². The van der Waals surface area contributed by atoms with E-state index < -0.39 is 21.8 Å². The monoisotopic (exact) mass is 405 g/mol. The van der Waals surface area contributed by atoms with Crippen molar-refractivity contribution < 1.29 is 22.7 Å². The van der Waals surface area contributed by atoms with Crippen LogP contribution in [0.25, 0.3) is 0 Å². The van der Waals surface area contributed by atoms with Gasteiger partial charge in [0.25, 0.3) is 5.91 Å². The van der Waals surface area contributed by atoms with Crippen molar-refractivity contribution in [2.75, 3.05) is 19.0 Å². The normalized spacial score (nSPS) is 11.1. The Labute approximate surface area is 164 Å². The molecule has 0 heterocycles. The first kappa shape index (κ1) is 21.4. The van der Waals surface area contributed by atoms with Gasteiger partial charge in [0.2, 0.25) is 15.9 Å². The third kappa shape index (κ3) is 6.07. The first-order chi connectivity index (χ1) is 13.2. The molecule has 28 heavy (non-hydrogen) atoms. The summed E-state index contributed by atoms with van der Waals surface area (Å²) in [6.07, 6.45) is 0. The third-order valence-electron chi connectivity index (χ3n) is 3.58. The van der Waals surface area contributed by atoms with Crippen molar-refractivity contribution >= 4 is 27.5 Å². The van der Waals surface area contributed by atoms with Crippen LogP contribution in [0.1, 0.15) is 24.2 Å². The minimum Gasteiger partial charge on any atom is -0.497 e. The summed E-state index contributed by atoms with van der Waals surface area (Å²) < 4.78 is 31.7. The van der Waals surface area contributed by atoms with Crippen molar-refractivity contribution in [2.45, 2.75) is 24.8 Å². The van der Waals surface area contributed by atoms with E-state index in [0.717, 1.165) is 0 Å². The number of amides is 2. The van der Waals surface area contributed by atoms with Crippen LogP contribution in [0.3, 0.4) is 0 Å². The van der Waals surface area contributed by atoms with Crippen LogP contribution in [-0.4, -0.2) is 39.9 Å². The summed E-state index contributed by atoms with van der Waals surface area (Å²) in [6.45, 7) is 3.23. The average molecular weight is 405 g/mol. The van der Waals surface area contributed by atoms with Crippen LogP contribution in [0, 0.1) is 0 Å². The zero-order valence-electron chi connectivity index (χ0n) is 15.9. The predicted octanol–water partition coefficient (Wildman–Crippen LogP) is 1.75. The van der Waals surface area contributed by atoms with E-state index in [1.54, 1.807) is 38.1 Å². The molecular formula is C19H23N3O5S. The fourth-order valence-electron chi connectivity index (χ4n) is 2.33. The van der Waals surface area contributed by atoms with E-state index in [1.807, 2.05) is 0 Å². The number of hydrogen-bond donors (Lipinski definition) is 3. The summed E-state index contributed by atoms with van der Waals surface area (Å²) in [7, 11) is -2.09. The first-order valence-electron chi connectivity index (χ1n) is 8.56. The van der Waals surface area contributed by atoms with Crippen LogP contribution < -0.4 is 20.1 Å². The maximum atomic E-state index is 12.1. The van der Waals surface area contributed by atoms with Gasteiger partial charge in [0.15, 0.2) is 0 Å². The quantitative estimate of drug-likeness (QED) is 0.619. The highest BCUT2D eigenvalue weighted by molar-refractivity contribution is 7.89. The molecule has 2 aromatic carbocycles. The second-order valence-electron chi connectivity index (χ2n) is 6.26. The molecule has 0 saturated carbocycles. The van der Waals surface area contributed by atoms with Gasteiger partial charge in [-0.3, -0.25) is 9.59 Å². The van der Waals surface area contributed by atoms with E-state index in [2.05, 4.69) is 15.4 Å². The van der Waals surface area contributed by atoms with E-state index in [0.29, 0.717) is 17.0 Å². The van der Waals surface area contributed by atoms with Crippen molar-refractivity contribution in [3.05, 3.63) is 54.1 Å². The Morgan fingerprint density at radius 1 is 1.07 bits per heavy atom. The highest BCUT2D eigenvalue weighted by Gasteiger charge is 2.15. The molecule has 9 heteroatoms. The lowest BCUT2D eigenvalue weighted by Gasteiger charge is -2.11. The summed E-state index contributed by atoms with van der Waals surface area (Å²) in [5.74, 6) is -0.304. The Balaban J connectivity index is 1.91. The van der Waals surface area contributed by atoms with Gasteiger partial charge < -0.3 is 15.4 Å². The minimum atomic E-state index is -3.59. The van der Waals surface area contributed by atoms with Gasteiger partial charge in [-0.25, -0.2) is 13.1 Å². The smallest absolute Gasteiger partial charge is 0.251 e. The Kier molecular flexibility index (Phi) is 7.13. The molecule has 0 spiro atoms. The number of methoxy groups -OCH3 is 1. The number of carbonyl (C=O) groups is 2. The maximum absolute atomic E-state index is 12.1. The molecule has 0 saturated heterocycles. The molecular weight excluding hydrogens is 382 g/mol. The lowest BCUT2D eigenvalue weighted by molar-refractivity contribution is -0.115. The molecule has 0 aliphatic heterocycles. The third-order valence-corrected chi connectivity index (χ3v) is 5.26. The van der Waals surface area contributed by atoms with E-state index >= 15 is 0 Å². The van der Waals surface area contributed by atoms with Crippen molar-refractivity contribution in [1.29, 1.82) is 0 Å². The molecule has 8 nitrogen and oxygen atoms in total. The van der Waals surface area contributed by atoms with Gasteiger partial charge in [-0.1, -0.05) is 6.07 Å². The molecule has 0 unspecified atom stereocenters. The Morgan fingerprint density at radius 3 is 2.36 bits per heavy atom. The Hall–Kier alpha value is -2.91. The SMILES string of the molecule is COc1cccc(C(=O)NCC(=O)Nc2ccc(S(=O)(=O)NC(C)C)cc2)c1. The molecule has 0 aliphatic rings. The number of anilines is 1. The van der Waals surface area contributed by atoms with Crippen molar-refractivity contribution in [2.24, 2.45) is 0 Å². The molecule has 0 aliphatic carbocycles. The number of sulfonamides is 1. The fraction of sp³-hybridized carbons (Fsp3) is 0.263. The van der Waals surface area contributed by atoms with Gasteiger partial charge in [0.05, 0.1) is 18.6 Å². The van der Waals surface area contributed by atoms with Crippen LogP contribution in [0.15, 0.2) is 53.4 Å². The van der Waals surface area contributed by atoms with Crippen LogP contribution >= 0.6 is 0 Å². The van der Waals surface area contributed by atoms with Gasteiger partial charge in [0.1, 0.15) is 5.75 Å². The highest BCUT2D eigenvalue weighted by Crippen LogP contribution is 2.15. The van der Waals surface area contributed by atoms with E-state index in [-0.39, 0.29) is 17.5 Å². The average Bonchev–Trinajstić information content (AvgIpc) is 2.65. The lowest BCUT2D eigenvalue weighted by Crippen LogP contribution is -2.33. The second kappa shape index (κ2) is 9.34. The molecule has 2 aromatic rings. The van der Waals surface area contributed by atoms with Crippen LogP contribution in [-0.2, 0) is 14.8 Å². The summed E-state index contributed by atoms with van der Waals surface area (Å²) >= 11 is 0. The fourth-order valence-corrected chi connectivity index (χ4v) is 3.58. The zero-order valence-corrected chi connectivity index (χ0v) is 16.7. The largest absolute Gasteiger partial charge is 0.497 e. The van der Waals surface area contributed by atoms with Crippen molar-refractivity contribution in [3.63, 3.8) is 0 Å². The molecule has 3 N–H and O–H groups in total. The molecule has 0 aromatic heterocycles. The summed E-state index contributed by atoms with van der Waals surface area (Å²) in [5.41, 5.74) is 0.795. The number of nitrogens with one attached hydrogen (secondary N) is 3. The number of benzene rings is 2. The summed E-state index contributed by atoms with van der Waals surface area (Å²) in [6, 6.07) is 12.1. The topological polar surface area (TPSA) is 114 Å². The van der Waals surface area contributed by atoms with E-state index in [9.17, 15) is 18.0 Å². The summed E-state index contributed by atoms with van der Waals surface area (Å²) in [5, 5.41) is 5.11. The molecule has 2 rings (SSSR count). The van der Waals surface area contributed by atoms with Gasteiger partial charge >= 0.3 is 0 Å².